The molecule has 2 aromatic rings. The first-order valence-corrected chi connectivity index (χ1v) is 7.08. The minimum Gasteiger partial charge on any atom is -0.330 e. The number of benzene rings is 2. The Morgan fingerprint density at radius 2 is 1.52 bits per heavy atom. The van der Waals surface area contributed by atoms with Crippen LogP contribution in [0.25, 0.3) is 0 Å². The molecule has 1 unspecified atom stereocenters. The normalized spacial score (nSPS) is 18.0. The summed E-state index contributed by atoms with van der Waals surface area (Å²) >= 11 is 0. The second kappa shape index (κ2) is 5.80. The molecule has 3 nitrogen and oxygen atoms in total. The number of hydrogen-bond donors (Lipinski definition) is 0. The zero-order chi connectivity index (χ0) is 14.7. The fourth-order valence-electron chi connectivity index (χ4n) is 2.89. The molecular weight excluding hydrogens is 260 g/mol. The third-order valence-corrected chi connectivity index (χ3v) is 3.88. The van der Waals surface area contributed by atoms with Gasteiger partial charge in [-0.3, -0.25) is 4.79 Å². The smallest absolute Gasteiger partial charge is 0.224 e. The Morgan fingerprint density at radius 1 is 1.00 bits per heavy atom. The molecule has 1 aliphatic heterocycles. The summed E-state index contributed by atoms with van der Waals surface area (Å²) in [6.07, 6.45) is 0.326. The van der Waals surface area contributed by atoms with Crippen LogP contribution in [0, 0.1) is 17.2 Å². The van der Waals surface area contributed by atoms with E-state index in [4.69, 9.17) is 5.26 Å². The van der Waals surface area contributed by atoms with E-state index in [2.05, 4.69) is 6.07 Å². The molecule has 1 fully saturated rings. The number of rotatable bonds is 3. The van der Waals surface area contributed by atoms with Crippen molar-refractivity contribution >= 4 is 5.91 Å². The van der Waals surface area contributed by atoms with Gasteiger partial charge in [0.2, 0.25) is 5.91 Å². The van der Waals surface area contributed by atoms with Crippen molar-refractivity contribution in [2.75, 3.05) is 6.54 Å². The molecule has 3 heteroatoms. The molecule has 0 radical (unpaired) electrons. The van der Waals surface area contributed by atoms with E-state index in [1.807, 2.05) is 65.6 Å². The maximum Gasteiger partial charge on any atom is 0.224 e. The lowest BCUT2D eigenvalue weighted by Crippen LogP contribution is -2.31. The molecule has 1 atom stereocenters. The van der Waals surface area contributed by atoms with Crippen LogP contribution in [0.15, 0.2) is 60.7 Å². The molecular formula is C18H16N2O. The van der Waals surface area contributed by atoms with Crippen LogP contribution in [-0.4, -0.2) is 17.4 Å². The number of amides is 1. The van der Waals surface area contributed by atoms with Gasteiger partial charge in [0.25, 0.3) is 0 Å². The third-order valence-electron chi connectivity index (χ3n) is 3.88. The van der Waals surface area contributed by atoms with Crippen molar-refractivity contribution in [2.45, 2.75) is 12.5 Å². The number of carbonyl (C=O) groups excluding carboxylic acids is 1. The molecule has 1 amide bonds. The van der Waals surface area contributed by atoms with Gasteiger partial charge in [-0.25, -0.2) is 0 Å². The van der Waals surface area contributed by atoms with Gasteiger partial charge in [-0.05, 0) is 11.1 Å². The summed E-state index contributed by atoms with van der Waals surface area (Å²) in [5.74, 6) is -0.147. The molecule has 0 N–H and O–H groups in total. The number of nitrogens with zero attached hydrogens (tertiary/aromatic N) is 2. The van der Waals surface area contributed by atoms with E-state index in [9.17, 15) is 4.79 Å². The Morgan fingerprint density at radius 3 is 1.95 bits per heavy atom. The molecule has 0 bridgehead atoms. The lowest BCUT2D eigenvalue weighted by Gasteiger charge is -2.29. The monoisotopic (exact) mass is 276 g/mol. The second-order valence-corrected chi connectivity index (χ2v) is 5.30. The highest BCUT2D eigenvalue weighted by molar-refractivity contribution is 5.80. The molecule has 1 saturated heterocycles. The molecule has 0 aliphatic carbocycles. The lowest BCUT2D eigenvalue weighted by atomic mass is 9.97. The summed E-state index contributed by atoms with van der Waals surface area (Å²) in [7, 11) is 0. The molecule has 0 aromatic heterocycles. The molecule has 0 saturated carbocycles. The summed E-state index contributed by atoms with van der Waals surface area (Å²) in [6.45, 7) is 0.504. The summed E-state index contributed by atoms with van der Waals surface area (Å²) in [5.41, 5.74) is 2.16. The van der Waals surface area contributed by atoms with Crippen LogP contribution in [0.4, 0.5) is 0 Å². The Balaban J connectivity index is 2.02. The predicted octanol–water partition coefficient (Wildman–Crippen LogP) is 3.15. The fourth-order valence-corrected chi connectivity index (χ4v) is 2.89. The number of likely N-dealkylation sites (tertiary alicyclic amines) is 1. The Hall–Kier alpha value is -2.60. The Labute approximate surface area is 124 Å². The highest BCUT2D eigenvalue weighted by Crippen LogP contribution is 2.33. The average Bonchev–Trinajstić information content (AvgIpc) is 2.91. The summed E-state index contributed by atoms with van der Waals surface area (Å²) in [6, 6.07) is 22.1. The van der Waals surface area contributed by atoms with Crippen LogP contribution in [-0.2, 0) is 4.79 Å². The van der Waals surface area contributed by atoms with Crippen LogP contribution < -0.4 is 0 Å². The molecule has 2 aromatic carbocycles. The van der Waals surface area contributed by atoms with Gasteiger partial charge >= 0.3 is 0 Å². The van der Waals surface area contributed by atoms with Crippen molar-refractivity contribution in [3.05, 3.63) is 71.8 Å². The SMILES string of the molecule is N#CC1CC(=O)N(C(c2ccccc2)c2ccccc2)C1. The first-order chi connectivity index (χ1) is 10.3. The van der Waals surface area contributed by atoms with Crippen LogP contribution >= 0.6 is 0 Å². The number of hydrogen-bond acceptors (Lipinski definition) is 2. The minimum absolute atomic E-state index is 0.0549. The van der Waals surface area contributed by atoms with E-state index in [0.717, 1.165) is 11.1 Å². The minimum atomic E-state index is -0.201. The first-order valence-electron chi connectivity index (χ1n) is 7.08. The molecule has 3 rings (SSSR count). The number of carbonyl (C=O) groups is 1. The topological polar surface area (TPSA) is 44.1 Å². The second-order valence-electron chi connectivity index (χ2n) is 5.30. The molecule has 21 heavy (non-hydrogen) atoms. The third kappa shape index (κ3) is 2.66. The van der Waals surface area contributed by atoms with Crippen molar-refractivity contribution in [1.82, 2.24) is 4.90 Å². The van der Waals surface area contributed by atoms with Crippen LogP contribution in [0.1, 0.15) is 23.6 Å². The quantitative estimate of drug-likeness (QED) is 0.864. The zero-order valence-electron chi connectivity index (χ0n) is 11.6. The van der Waals surface area contributed by atoms with Gasteiger partial charge in [0.05, 0.1) is 18.0 Å². The van der Waals surface area contributed by atoms with Gasteiger partial charge in [-0.15, -0.1) is 0 Å². The highest BCUT2D eigenvalue weighted by atomic mass is 16.2. The van der Waals surface area contributed by atoms with Crippen molar-refractivity contribution in [3.8, 4) is 6.07 Å². The Kier molecular flexibility index (Phi) is 3.70. The Bertz CT molecular complexity index is 621. The number of nitriles is 1. The summed E-state index contributed by atoms with van der Waals surface area (Å²) in [5, 5.41) is 9.10. The van der Waals surface area contributed by atoms with Crippen LogP contribution in [0.3, 0.4) is 0 Å². The summed E-state index contributed by atoms with van der Waals surface area (Å²) < 4.78 is 0. The fraction of sp³-hybridized carbons (Fsp3) is 0.222. The van der Waals surface area contributed by atoms with E-state index in [1.165, 1.54) is 0 Å². The lowest BCUT2D eigenvalue weighted by molar-refractivity contribution is -0.129. The molecule has 104 valence electrons. The van der Waals surface area contributed by atoms with E-state index < -0.39 is 0 Å². The van der Waals surface area contributed by atoms with Gasteiger partial charge in [-0.1, -0.05) is 60.7 Å². The van der Waals surface area contributed by atoms with Gasteiger partial charge < -0.3 is 4.90 Å². The summed E-state index contributed by atoms with van der Waals surface area (Å²) in [4.78, 5) is 14.1. The first kappa shape index (κ1) is 13.4. The van der Waals surface area contributed by atoms with Crippen LogP contribution in [0.2, 0.25) is 0 Å². The standard InChI is InChI=1S/C18H16N2O/c19-12-14-11-17(21)20(13-14)18(15-7-3-1-4-8-15)16-9-5-2-6-10-16/h1-10,14,18H,11,13H2. The van der Waals surface area contributed by atoms with Crippen LogP contribution in [0.5, 0.6) is 0 Å². The molecule has 0 spiro atoms. The van der Waals surface area contributed by atoms with Crippen molar-refractivity contribution in [3.63, 3.8) is 0 Å². The predicted molar refractivity (Wildman–Crippen MR) is 80.2 cm³/mol. The molecule has 1 heterocycles. The van der Waals surface area contributed by atoms with Gasteiger partial charge in [0.15, 0.2) is 0 Å². The van der Waals surface area contributed by atoms with Crippen molar-refractivity contribution in [1.29, 1.82) is 5.26 Å². The maximum atomic E-state index is 12.3. The largest absolute Gasteiger partial charge is 0.330 e. The van der Waals surface area contributed by atoms with Crippen molar-refractivity contribution < 1.29 is 4.79 Å². The zero-order valence-corrected chi connectivity index (χ0v) is 11.6. The van der Waals surface area contributed by atoms with Crippen molar-refractivity contribution in [2.24, 2.45) is 5.92 Å². The van der Waals surface area contributed by atoms with Gasteiger partial charge in [0.1, 0.15) is 0 Å². The van der Waals surface area contributed by atoms with E-state index >= 15 is 0 Å². The van der Waals surface area contributed by atoms with Gasteiger partial charge in [0, 0.05) is 13.0 Å². The maximum absolute atomic E-state index is 12.3. The van der Waals surface area contributed by atoms with E-state index in [0.29, 0.717) is 13.0 Å². The van der Waals surface area contributed by atoms with E-state index in [-0.39, 0.29) is 17.9 Å². The highest BCUT2D eigenvalue weighted by Gasteiger charge is 2.35. The van der Waals surface area contributed by atoms with Gasteiger partial charge in [-0.2, -0.15) is 5.26 Å². The van der Waals surface area contributed by atoms with E-state index in [1.54, 1.807) is 0 Å². The average molecular weight is 276 g/mol. The molecule has 1 aliphatic rings.